The Morgan fingerprint density at radius 3 is 3.00 bits per heavy atom. The molecule has 1 N–H and O–H groups in total. The van der Waals surface area contributed by atoms with Gasteiger partial charge < -0.3 is 10.1 Å². The Hall–Kier alpha value is -0.940. The number of hydrogen-bond donors (Lipinski definition) is 1. The molecule has 5 heteroatoms. The van der Waals surface area contributed by atoms with Crippen molar-refractivity contribution in [2.24, 2.45) is 0 Å². The van der Waals surface area contributed by atoms with E-state index in [2.05, 4.69) is 10.3 Å². The highest BCUT2D eigenvalue weighted by molar-refractivity contribution is 7.11. The summed E-state index contributed by atoms with van der Waals surface area (Å²) in [5, 5.41) is 4.34. The summed E-state index contributed by atoms with van der Waals surface area (Å²) in [6, 6.07) is 0.126. The summed E-state index contributed by atoms with van der Waals surface area (Å²) < 4.78 is 4.88. The van der Waals surface area contributed by atoms with E-state index >= 15 is 0 Å². The van der Waals surface area contributed by atoms with Gasteiger partial charge in [-0.1, -0.05) is 0 Å². The van der Waals surface area contributed by atoms with E-state index in [9.17, 15) is 4.79 Å². The van der Waals surface area contributed by atoms with Gasteiger partial charge in [-0.2, -0.15) is 0 Å². The number of esters is 1. The zero-order valence-electron chi connectivity index (χ0n) is 9.95. The normalized spacial score (nSPS) is 12.4. The van der Waals surface area contributed by atoms with Gasteiger partial charge in [0.2, 0.25) is 0 Å². The van der Waals surface area contributed by atoms with Crippen LogP contribution in [0.15, 0.2) is 6.20 Å². The van der Waals surface area contributed by atoms with Crippen molar-refractivity contribution in [3.05, 3.63) is 16.1 Å². The topological polar surface area (TPSA) is 51.2 Å². The number of hydrogen-bond acceptors (Lipinski definition) is 5. The summed E-state index contributed by atoms with van der Waals surface area (Å²) in [7, 11) is 0. The molecule has 0 radical (unpaired) electrons. The first kappa shape index (κ1) is 13.1. The highest BCUT2D eigenvalue weighted by Gasteiger charge is 2.09. The van der Waals surface area contributed by atoms with Crippen molar-refractivity contribution < 1.29 is 9.53 Å². The number of nitrogens with zero attached hydrogens (tertiary/aromatic N) is 1. The Morgan fingerprint density at radius 1 is 1.69 bits per heavy atom. The molecule has 0 aliphatic heterocycles. The van der Waals surface area contributed by atoms with Crippen molar-refractivity contribution in [2.45, 2.75) is 39.8 Å². The molecule has 0 fully saturated rings. The van der Waals surface area contributed by atoms with Gasteiger partial charge in [-0.15, -0.1) is 11.3 Å². The Balaban J connectivity index is 2.24. The van der Waals surface area contributed by atoms with Crippen LogP contribution in [0, 0.1) is 6.92 Å². The predicted molar refractivity (Wildman–Crippen MR) is 64.4 cm³/mol. The van der Waals surface area contributed by atoms with Crippen molar-refractivity contribution >= 4 is 17.3 Å². The van der Waals surface area contributed by atoms with Gasteiger partial charge in [0, 0.05) is 23.7 Å². The molecular formula is C11H18N2O2S. The number of carbonyl (C=O) groups is 1. The van der Waals surface area contributed by atoms with Crippen LogP contribution >= 0.6 is 11.3 Å². The zero-order chi connectivity index (χ0) is 12.0. The lowest BCUT2D eigenvalue weighted by Crippen LogP contribution is -2.28. The molecule has 1 rings (SSSR count). The van der Waals surface area contributed by atoms with Gasteiger partial charge in [0.05, 0.1) is 18.0 Å². The van der Waals surface area contributed by atoms with Gasteiger partial charge in [0.15, 0.2) is 0 Å². The molecule has 0 amide bonds. The minimum Gasteiger partial charge on any atom is -0.466 e. The zero-order valence-corrected chi connectivity index (χ0v) is 10.8. The lowest BCUT2D eigenvalue weighted by molar-refractivity contribution is -0.143. The Kier molecular flexibility index (Phi) is 5.42. The van der Waals surface area contributed by atoms with Crippen LogP contribution in [0.1, 0.15) is 30.2 Å². The molecule has 1 unspecified atom stereocenters. The minimum absolute atomic E-state index is 0.126. The molecule has 0 aliphatic rings. The van der Waals surface area contributed by atoms with E-state index in [1.165, 1.54) is 4.88 Å². The van der Waals surface area contributed by atoms with Gasteiger partial charge in [-0.05, 0) is 20.8 Å². The first-order valence-electron chi connectivity index (χ1n) is 5.42. The maximum Gasteiger partial charge on any atom is 0.307 e. The molecule has 0 spiro atoms. The fourth-order valence-electron chi connectivity index (χ4n) is 1.30. The molecule has 1 heterocycles. The van der Waals surface area contributed by atoms with Crippen LogP contribution in [-0.2, 0) is 16.1 Å². The number of aryl methyl sites for hydroxylation is 1. The van der Waals surface area contributed by atoms with Crippen molar-refractivity contribution in [1.29, 1.82) is 0 Å². The summed E-state index contributed by atoms with van der Waals surface area (Å²) in [4.78, 5) is 16.6. The largest absolute Gasteiger partial charge is 0.466 e. The van der Waals surface area contributed by atoms with Crippen molar-refractivity contribution in [3.8, 4) is 0 Å². The number of ether oxygens (including phenoxy) is 1. The molecule has 0 bridgehead atoms. The Morgan fingerprint density at radius 2 is 2.44 bits per heavy atom. The number of rotatable bonds is 6. The van der Waals surface area contributed by atoms with Crippen LogP contribution in [0.3, 0.4) is 0 Å². The smallest absolute Gasteiger partial charge is 0.307 e. The molecule has 1 aromatic rings. The van der Waals surface area contributed by atoms with Crippen molar-refractivity contribution in [1.82, 2.24) is 10.3 Å². The Labute approximate surface area is 100 Å². The maximum atomic E-state index is 11.2. The molecule has 90 valence electrons. The summed E-state index contributed by atoms with van der Waals surface area (Å²) in [5.74, 6) is -0.150. The second-order valence-corrected chi connectivity index (χ2v) is 4.96. The van der Waals surface area contributed by atoms with Gasteiger partial charge >= 0.3 is 5.97 Å². The van der Waals surface area contributed by atoms with Crippen LogP contribution in [0.4, 0.5) is 0 Å². The SMILES string of the molecule is CCOC(=O)CC(C)NCc1cnc(C)s1. The standard InChI is InChI=1S/C11H18N2O2S/c1-4-15-11(14)5-8(2)12-6-10-7-13-9(3)16-10/h7-8,12H,4-6H2,1-3H3. The lowest BCUT2D eigenvalue weighted by Gasteiger charge is -2.11. The van der Waals surface area contributed by atoms with E-state index in [0.717, 1.165) is 11.6 Å². The second-order valence-electron chi connectivity index (χ2n) is 3.64. The molecule has 0 aromatic carbocycles. The second kappa shape index (κ2) is 6.60. The molecule has 16 heavy (non-hydrogen) atoms. The fraction of sp³-hybridized carbons (Fsp3) is 0.636. The van der Waals surface area contributed by atoms with Crippen LogP contribution in [0.2, 0.25) is 0 Å². The van der Waals surface area contributed by atoms with Crippen molar-refractivity contribution in [3.63, 3.8) is 0 Å². The van der Waals surface area contributed by atoms with E-state index in [1.54, 1.807) is 11.3 Å². The van der Waals surface area contributed by atoms with Crippen LogP contribution in [0.25, 0.3) is 0 Å². The monoisotopic (exact) mass is 242 g/mol. The van der Waals surface area contributed by atoms with Gasteiger partial charge in [0.25, 0.3) is 0 Å². The van der Waals surface area contributed by atoms with Crippen LogP contribution in [-0.4, -0.2) is 23.6 Å². The van der Waals surface area contributed by atoms with E-state index in [4.69, 9.17) is 4.74 Å². The fourth-order valence-corrected chi connectivity index (χ4v) is 2.05. The molecule has 0 saturated heterocycles. The average Bonchev–Trinajstić information content (AvgIpc) is 2.61. The van der Waals surface area contributed by atoms with E-state index in [0.29, 0.717) is 13.0 Å². The maximum absolute atomic E-state index is 11.2. The molecule has 1 atom stereocenters. The highest BCUT2D eigenvalue weighted by atomic mass is 32.1. The third-order valence-corrected chi connectivity index (χ3v) is 2.98. The van der Waals surface area contributed by atoms with Gasteiger partial charge in [-0.3, -0.25) is 4.79 Å². The van der Waals surface area contributed by atoms with Crippen LogP contribution in [0.5, 0.6) is 0 Å². The minimum atomic E-state index is -0.150. The quantitative estimate of drug-likeness (QED) is 0.774. The van der Waals surface area contributed by atoms with Crippen LogP contribution < -0.4 is 5.32 Å². The highest BCUT2D eigenvalue weighted by Crippen LogP contribution is 2.11. The van der Waals surface area contributed by atoms with E-state index in [-0.39, 0.29) is 12.0 Å². The third-order valence-electron chi connectivity index (χ3n) is 2.07. The molecule has 0 saturated carbocycles. The number of nitrogens with one attached hydrogen (secondary N) is 1. The first-order valence-corrected chi connectivity index (χ1v) is 6.23. The number of aromatic nitrogens is 1. The molecular weight excluding hydrogens is 224 g/mol. The van der Waals surface area contributed by atoms with E-state index < -0.39 is 0 Å². The predicted octanol–water partition coefficient (Wildman–Crippen LogP) is 1.88. The van der Waals surface area contributed by atoms with E-state index in [1.807, 2.05) is 27.0 Å². The summed E-state index contributed by atoms with van der Waals surface area (Å²) in [5.41, 5.74) is 0. The Bertz CT molecular complexity index is 338. The van der Waals surface area contributed by atoms with Crippen molar-refractivity contribution in [2.75, 3.05) is 6.61 Å². The average molecular weight is 242 g/mol. The molecule has 1 aromatic heterocycles. The number of thiazole rings is 1. The third kappa shape index (κ3) is 4.72. The van der Waals surface area contributed by atoms with Gasteiger partial charge in [0.1, 0.15) is 0 Å². The first-order chi connectivity index (χ1) is 7.61. The summed E-state index contributed by atoms with van der Waals surface area (Å²) in [6.45, 7) is 6.97. The lowest BCUT2D eigenvalue weighted by atomic mass is 10.2. The molecule has 4 nitrogen and oxygen atoms in total. The van der Waals surface area contributed by atoms with Gasteiger partial charge in [-0.25, -0.2) is 4.98 Å². The summed E-state index contributed by atoms with van der Waals surface area (Å²) >= 11 is 1.67. The summed E-state index contributed by atoms with van der Waals surface area (Å²) in [6.07, 6.45) is 2.27. The molecule has 0 aliphatic carbocycles. The number of carbonyl (C=O) groups excluding carboxylic acids is 1.